The van der Waals surface area contributed by atoms with Crippen molar-refractivity contribution in [3.05, 3.63) is 28.8 Å². The highest BCUT2D eigenvalue weighted by molar-refractivity contribution is 6.31. The van der Waals surface area contributed by atoms with Crippen molar-refractivity contribution < 1.29 is 4.79 Å². The minimum atomic E-state index is -0.427. The van der Waals surface area contributed by atoms with Gasteiger partial charge in [0.05, 0.1) is 5.56 Å². The lowest BCUT2D eigenvalue weighted by Crippen LogP contribution is -2.56. The molecule has 4 nitrogen and oxygen atoms in total. The first-order valence-electron chi connectivity index (χ1n) is 7.16. The predicted molar refractivity (Wildman–Crippen MR) is 83.5 cm³/mol. The summed E-state index contributed by atoms with van der Waals surface area (Å²) in [6.07, 6.45) is 2.08. The van der Waals surface area contributed by atoms with Crippen LogP contribution < -0.4 is 16.0 Å². The van der Waals surface area contributed by atoms with Crippen LogP contribution in [0.1, 0.15) is 37.0 Å². The second-order valence-corrected chi connectivity index (χ2v) is 5.69. The molecule has 1 heterocycles. The van der Waals surface area contributed by atoms with Gasteiger partial charge in [0.25, 0.3) is 5.91 Å². The normalized spacial score (nSPS) is 22.9. The quantitative estimate of drug-likeness (QED) is 0.897. The van der Waals surface area contributed by atoms with Gasteiger partial charge in [-0.3, -0.25) is 4.79 Å². The zero-order valence-electron chi connectivity index (χ0n) is 12.0. The second-order valence-electron chi connectivity index (χ2n) is 5.25. The number of halogens is 1. The number of amides is 1. The zero-order chi connectivity index (χ0) is 14.7. The summed E-state index contributed by atoms with van der Waals surface area (Å²) < 4.78 is 0. The van der Waals surface area contributed by atoms with Gasteiger partial charge >= 0.3 is 0 Å². The first-order valence-corrected chi connectivity index (χ1v) is 7.54. The van der Waals surface area contributed by atoms with Gasteiger partial charge in [-0.15, -0.1) is 0 Å². The number of piperazine rings is 1. The molecule has 0 spiro atoms. The van der Waals surface area contributed by atoms with E-state index in [1.165, 1.54) is 0 Å². The van der Waals surface area contributed by atoms with Gasteiger partial charge < -0.3 is 16.0 Å². The lowest BCUT2D eigenvalue weighted by molar-refractivity contribution is 0.100. The van der Waals surface area contributed by atoms with Gasteiger partial charge in [0.1, 0.15) is 0 Å². The van der Waals surface area contributed by atoms with Crippen LogP contribution in [-0.4, -0.2) is 31.1 Å². The molecule has 20 heavy (non-hydrogen) atoms. The van der Waals surface area contributed by atoms with E-state index in [2.05, 4.69) is 24.1 Å². The zero-order valence-corrected chi connectivity index (χ0v) is 12.8. The third kappa shape index (κ3) is 3.07. The second kappa shape index (κ2) is 6.46. The highest BCUT2D eigenvalue weighted by Crippen LogP contribution is 2.28. The molecule has 1 aromatic carbocycles. The standard InChI is InChI=1S/C15H22ClN3O/c1-3-11-9-19(12(4-2)8-18-11)14-6-5-10(16)7-13(14)15(17)20/h5-7,11-12,18H,3-4,8-9H2,1-2H3,(H2,17,20). The first-order chi connectivity index (χ1) is 9.56. The maximum absolute atomic E-state index is 11.7. The number of carbonyl (C=O) groups excluding carboxylic acids is 1. The smallest absolute Gasteiger partial charge is 0.250 e. The molecule has 3 N–H and O–H groups in total. The average Bonchev–Trinajstić information content (AvgIpc) is 2.46. The summed E-state index contributed by atoms with van der Waals surface area (Å²) in [5.41, 5.74) is 6.91. The fourth-order valence-corrected chi connectivity index (χ4v) is 2.93. The number of rotatable bonds is 4. The number of nitrogens with two attached hydrogens (primary N) is 1. The van der Waals surface area contributed by atoms with Crippen molar-refractivity contribution in [1.82, 2.24) is 5.32 Å². The van der Waals surface area contributed by atoms with Gasteiger partial charge in [-0.05, 0) is 31.0 Å². The highest BCUT2D eigenvalue weighted by Gasteiger charge is 2.28. The van der Waals surface area contributed by atoms with E-state index in [0.717, 1.165) is 31.6 Å². The maximum atomic E-state index is 11.7. The Bertz CT molecular complexity index is 492. The summed E-state index contributed by atoms with van der Waals surface area (Å²) in [4.78, 5) is 14.0. The molecule has 0 saturated carbocycles. The van der Waals surface area contributed by atoms with Crippen LogP contribution in [0.5, 0.6) is 0 Å². The first kappa shape index (κ1) is 15.1. The molecular weight excluding hydrogens is 274 g/mol. The SMILES string of the molecule is CCC1CN(c2ccc(Cl)cc2C(N)=O)C(CC)CN1. The minimum Gasteiger partial charge on any atom is -0.366 e. The van der Waals surface area contributed by atoms with E-state index in [0.29, 0.717) is 22.7 Å². The van der Waals surface area contributed by atoms with Crippen molar-refractivity contribution in [2.24, 2.45) is 5.73 Å². The van der Waals surface area contributed by atoms with Crippen LogP contribution in [-0.2, 0) is 0 Å². The van der Waals surface area contributed by atoms with Gasteiger partial charge in [-0.25, -0.2) is 0 Å². The molecule has 0 radical (unpaired) electrons. The molecule has 2 atom stereocenters. The van der Waals surface area contributed by atoms with Crippen molar-refractivity contribution in [3.8, 4) is 0 Å². The largest absolute Gasteiger partial charge is 0.366 e. The molecule has 1 amide bonds. The van der Waals surface area contributed by atoms with Gasteiger partial charge in [-0.1, -0.05) is 25.4 Å². The maximum Gasteiger partial charge on any atom is 0.250 e. The van der Waals surface area contributed by atoms with Gasteiger partial charge in [0, 0.05) is 35.9 Å². The van der Waals surface area contributed by atoms with Crippen LogP contribution in [0, 0.1) is 0 Å². The number of carbonyl (C=O) groups is 1. The molecule has 1 aliphatic rings. The monoisotopic (exact) mass is 295 g/mol. The van der Waals surface area contributed by atoms with Crippen LogP contribution in [0.2, 0.25) is 5.02 Å². The van der Waals surface area contributed by atoms with Crippen LogP contribution in [0.4, 0.5) is 5.69 Å². The molecule has 5 heteroatoms. The van der Waals surface area contributed by atoms with Gasteiger partial charge in [-0.2, -0.15) is 0 Å². The lowest BCUT2D eigenvalue weighted by Gasteiger charge is -2.42. The number of nitrogens with zero attached hydrogens (tertiary/aromatic N) is 1. The molecule has 1 fully saturated rings. The third-order valence-electron chi connectivity index (χ3n) is 4.00. The number of nitrogens with one attached hydrogen (secondary N) is 1. The molecule has 1 aliphatic heterocycles. The van der Waals surface area contributed by atoms with Crippen molar-refractivity contribution in [2.45, 2.75) is 38.8 Å². The molecule has 1 aromatic rings. The molecule has 1 saturated heterocycles. The summed E-state index contributed by atoms with van der Waals surface area (Å²) in [5, 5.41) is 4.09. The molecule has 2 rings (SSSR count). The van der Waals surface area contributed by atoms with Crippen molar-refractivity contribution in [1.29, 1.82) is 0 Å². The van der Waals surface area contributed by atoms with Crippen LogP contribution in [0.25, 0.3) is 0 Å². The van der Waals surface area contributed by atoms with E-state index in [-0.39, 0.29) is 0 Å². The van der Waals surface area contributed by atoms with Crippen LogP contribution in [0.3, 0.4) is 0 Å². The van der Waals surface area contributed by atoms with E-state index in [9.17, 15) is 4.79 Å². The van der Waals surface area contributed by atoms with E-state index >= 15 is 0 Å². The Morgan fingerprint density at radius 2 is 2.20 bits per heavy atom. The fourth-order valence-electron chi connectivity index (χ4n) is 2.75. The summed E-state index contributed by atoms with van der Waals surface area (Å²) >= 11 is 5.99. The number of hydrogen-bond donors (Lipinski definition) is 2. The third-order valence-corrected chi connectivity index (χ3v) is 4.23. The van der Waals surface area contributed by atoms with Crippen molar-refractivity contribution in [2.75, 3.05) is 18.0 Å². The molecular formula is C15H22ClN3O. The number of hydrogen-bond acceptors (Lipinski definition) is 3. The minimum absolute atomic E-state index is 0.372. The topological polar surface area (TPSA) is 58.4 Å². The summed E-state index contributed by atoms with van der Waals surface area (Å²) in [7, 11) is 0. The summed E-state index contributed by atoms with van der Waals surface area (Å²) in [5.74, 6) is -0.427. The van der Waals surface area contributed by atoms with E-state index in [1.54, 1.807) is 6.07 Å². The van der Waals surface area contributed by atoms with E-state index in [4.69, 9.17) is 17.3 Å². The molecule has 2 unspecified atom stereocenters. The Morgan fingerprint density at radius 1 is 1.45 bits per heavy atom. The summed E-state index contributed by atoms with van der Waals surface area (Å²) in [6.45, 7) is 6.14. The van der Waals surface area contributed by atoms with E-state index < -0.39 is 5.91 Å². The predicted octanol–water partition coefficient (Wildman–Crippen LogP) is 2.41. The molecule has 0 aliphatic carbocycles. The van der Waals surface area contributed by atoms with Crippen molar-refractivity contribution in [3.63, 3.8) is 0 Å². The fraction of sp³-hybridized carbons (Fsp3) is 0.533. The lowest BCUT2D eigenvalue weighted by atomic mass is 10.0. The van der Waals surface area contributed by atoms with Crippen LogP contribution in [0.15, 0.2) is 18.2 Å². The van der Waals surface area contributed by atoms with Gasteiger partial charge in [0.2, 0.25) is 0 Å². The molecule has 110 valence electrons. The Morgan fingerprint density at radius 3 is 2.80 bits per heavy atom. The van der Waals surface area contributed by atoms with Crippen molar-refractivity contribution >= 4 is 23.2 Å². The Labute approximate surface area is 125 Å². The Balaban J connectivity index is 2.38. The van der Waals surface area contributed by atoms with Gasteiger partial charge in [0.15, 0.2) is 0 Å². The highest BCUT2D eigenvalue weighted by atomic mass is 35.5. The number of anilines is 1. The Kier molecular flexibility index (Phi) is 4.89. The van der Waals surface area contributed by atoms with Crippen LogP contribution >= 0.6 is 11.6 Å². The van der Waals surface area contributed by atoms with E-state index in [1.807, 2.05) is 12.1 Å². The molecule has 0 bridgehead atoms. The molecule has 0 aromatic heterocycles. The average molecular weight is 296 g/mol. The Hall–Kier alpha value is -1.26. The summed E-state index contributed by atoms with van der Waals surface area (Å²) in [6, 6.07) is 6.20. The number of primary amides is 1. The number of benzene rings is 1.